The van der Waals surface area contributed by atoms with Crippen molar-refractivity contribution in [3.8, 4) is 28.5 Å². The van der Waals surface area contributed by atoms with Crippen molar-refractivity contribution < 1.29 is 51.4 Å². The molecule has 1 aromatic heterocycles. The van der Waals surface area contributed by atoms with E-state index in [1.165, 1.54) is 50.4 Å². The molecule has 1 heterocycles. The quantitative estimate of drug-likeness (QED) is 0.0456. The Morgan fingerprint density at radius 2 is 1.56 bits per heavy atom. The van der Waals surface area contributed by atoms with Crippen LogP contribution in [0.3, 0.4) is 0 Å². The highest BCUT2D eigenvalue weighted by atomic mass is 35.5. The Bertz CT molecular complexity index is 1920. The molecule has 0 unspecified atom stereocenters. The summed E-state index contributed by atoms with van der Waals surface area (Å²) in [5.74, 6) is -1.25. The van der Waals surface area contributed by atoms with Gasteiger partial charge in [-0.15, -0.1) is 10.2 Å². The summed E-state index contributed by atoms with van der Waals surface area (Å²) in [6.07, 6.45) is 2.59. The highest BCUT2D eigenvalue weighted by Crippen LogP contribution is 2.37. The number of esters is 2. The number of ether oxygens (including phenoxy) is 4. The summed E-state index contributed by atoms with van der Waals surface area (Å²) in [4.78, 5) is 45.9. The van der Waals surface area contributed by atoms with Gasteiger partial charge in [-0.1, -0.05) is 92.6 Å². The summed E-state index contributed by atoms with van der Waals surface area (Å²) in [7, 11) is 0. The highest BCUT2D eigenvalue weighted by Gasteiger charge is 2.31. The van der Waals surface area contributed by atoms with Crippen molar-refractivity contribution in [3.63, 3.8) is 0 Å². The third-order valence-corrected chi connectivity index (χ3v) is 8.48. The highest BCUT2D eigenvalue weighted by molar-refractivity contribution is 8.13. The van der Waals surface area contributed by atoms with E-state index in [-0.39, 0.29) is 33.6 Å². The van der Waals surface area contributed by atoms with Gasteiger partial charge >= 0.3 is 23.4 Å². The maximum Gasteiger partial charge on any atom is 0.416 e. The van der Waals surface area contributed by atoms with Crippen molar-refractivity contribution in [2.45, 2.75) is 58.5 Å². The number of nitro groups is 1. The van der Waals surface area contributed by atoms with Crippen LogP contribution in [0.1, 0.15) is 68.3 Å². The molecule has 12 nitrogen and oxygen atoms in total. The number of carbonyl (C=O) groups is 3. The predicted molar refractivity (Wildman–Crippen MR) is 201 cm³/mol. The van der Waals surface area contributed by atoms with Crippen LogP contribution in [0.25, 0.3) is 11.3 Å². The summed E-state index contributed by atoms with van der Waals surface area (Å²) in [5, 5.41) is 18.6. The molecule has 0 saturated heterocycles. The fraction of sp³-hybridized carbons (Fsp3) is 0.324. The van der Waals surface area contributed by atoms with E-state index in [4.69, 9.17) is 37.4 Å². The van der Waals surface area contributed by atoms with Crippen LogP contribution >= 0.6 is 35.0 Å². The average Bonchev–Trinajstić information content (AvgIpc) is 3.14. The van der Waals surface area contributed by atoms with Crippen LogP contribution in [-0.4, -0.2) is 51.3 Å². The molecule has 18 heteroatoms. The van der Waals surface area contributed by atoms with Gasteiger partial charge < -0.3 is 18.9 Å². The van der Waals surface area contributed by atoms with E-state index in [0.717, 1.165) is 54.5 Å². The Kier molecular flexibility index (Phi) is 18.1. The molecule has 0 fully saturated rings. The number of thioether (sulfide) groups is 1. The van der Waals surface area contributed by atoms with Gasteiger partial charge in [0.15, 0.2) is 17.5 Å². The predicted octanol–water partition coefficient (Wildman–Crippen LogP) is 11.2. The van der Waals surface area contributed by atoms with Gasteiger partial charge in [0, 0.05) is 29.5 Å². The summed E-state index contributed by atoms with van der Waals surface area (Å²) >= 11 is 12.9. The molecule has 0 aliphatic carbocycles. The molecule has 55 heavy (non-hydrogen) atoms. The number of nitro benzene ring substituents is 1. The molecule has 294 valence electrons. The Balaban J connectivity index is 0.000000300. The van der Waals surface area contributed by atoms with E-state index >= 15 is 0 Å². The molecule has 0 aliphatic rings. The van der Waals surface area contributed by atoms with Gasteiger partial charge in [-0.2, -0.15) is 13.2 Å². The van der Waals surface area contributed by atoms with Crippen LogP contribution in [0.4, 0.5) is 23.7 Å². The summed E-state index contributed by atoms with van der Waals surface area (Å²) in [6.45, 7) is 3.03. The van der Waals surface area contributed by atoms with Crippen LogP contribution in [-0.2, 0) is 20.4 Å². The second kappa shape index (κ2) is 22.4. The largest absolute Gasteiger partial charge is 0.463 e. The molecular weight excluding hydrogens is 790 g/mol. The van der Waals surface area contributed by atoms with Gasteiger partial charge in [0.2, 0.25) is 0 Å². The van der Waals surface area contributed by atoms with Gasteiger partial charge in [0.25, 0.3) is 5.69 Å². The Hall–Kier alpha value is -4.93. The van der Waals surface area contributed by atoms with E-state index in [0.29, 0.717) is 17.5 Å². The van der Waals surface area contributed by atoms with Crippen molar-refractivity contribution in [1.82, 2.24) is 10.2 Å². The number of nitrogens with zero attached hydrogens (tertiary/aromatic N) is 3. The molecule has 4 rings (SSSR count). The second-order valence-corrected chi connectivity index (χ2v) is 13.1. The lowest BCUT2D eigenvalue weighted by Crippen LogP contribution is -2.17. The van der Waals surface area contributed by atoms with Crippen LogP contribution in [0.15, 0.2) is 72.8 Å². The van der Waals surface area contributed by atoms with Gasteiger partial charge in [-0.25, -0.2) is 14.4 Å². The molecule has 0 N–H and O–H groups in total. The maximum absolute atomic E-state index is 12.7. The fourth-order valence-corrected chi connectivity index (χ4v) is 5.60. The number of rotatable bonds is 16. The van der Waals surface area contributed by atoms with Crippen molar-refractivity contribution in [2.75, 3.05) is 19.0 Å². The van der Waals surface area contributed by atoms with Gasteiger partial charge in [-0.05, 0) is 49.4 Å². The number of alkyl halides is 3. The van der Waals surface area contributed by atoms with Crippen LogP contribution < -0.4 is 9.47 Å². The van der Waals surface area contributed by atoms with Crippen molar-refractivity contribution >= 4 is 57.9 Å². The standard InChI is InChI=1S/C19H23ClN2O2S.C18H13ClF3NO7/c1-2-3-4-5-6-10-13-25-19(23)24-16-14-17(20)21-22-18(16)15-11-8-7-9-12-15;1-2-28-16(24)9-29-17(25)12-8-11(4-5-14(12)23(26)27)30-15-6-3-10(7-13(15)19)18(20,21)22/h7-9,11-12,14H,2-6,10,13H2,1H3;3-8H,2,9H2,1H3. The summed E-state index contributed by atoms with van der Waals surface area (Å²) in [5.41, 5.74) is -0.819. The minimum absolute atomic E-state index is 0.0493. The molecule has 0 bridgehead atoms. The average molecular weight is 827 g/mol. The number of halogens is 5. The number of aromatic nitrogens is 2. The van der Waals surface area contributed by atoms with Crippen LogP contribution in [0.2, 0.25) is 10.2 Å². The smallest absolute Gasteiger partial charge is 0.416 e. The van der Waals surface area contributed by atoms with Gasteiger partial charge in [0.05, 0.1) is 22.1 Å². The maximum atomic E-state index is 12.7. The van der Waals surface area contributed by atoms with Crippen molar-refractivity contribution in [2.24, 2.45) is 0 Å². The SMILES string of the molecule is CCCCCCCCSC(=O)Oc1cc(Cl)nnc1-c1ccccc1.CCOC(=O)COC(=O)c1cc(Oc2ccc(C(F)(F)F)cc2Cl)ccc1[N+](=O)[O-]. The third-order valence-electron chi connectivity index (χ3n) is 7.19. The molecule has 4 aromatic rings. The third kappa shape index (κ3) is 15.0. The van der Waals surface area contributed by atoms with E-state index in [1.54, 1.807) is 0 Å². The number of hydrogen-bond donors (Lipinski definition) is 0. The molecule has 0 atom stereocenters. The minimum atomic E-state index is -4.61. The lowest BCUT2D eigenvalue weighted by molar-refractivity contribution is -0.385. The first kappa shape index (κ1) is 44.5. The number of carbonyl (C=O) groups excluding carboxylic acids is 3. The molecular formula is C37H36Cl2F3N3O9S. The topological polar surface area (TPSA) is 157 Å². The zero-order valence-electron chi connectivity index (χ0n) is 29.6. The first-order valence-corrected chi connectivity index (χ1v) is 18.6. The Labute approximate surface area is 328 Å². The number of benzene rings is 3. The molecule has 0 radical (unpaired) electrons. The van der Waals surface area contributed by atoms with Crippen molar-refractivity contribution in [3.05, 3.63) is 104 Å². The lowest BCUT2D eigenvalue weighted by Gasteiger charge is -2.12. The van der Waals surface area contributed by atoms with Gasteiger partial charge in [0.1, 0.15) is 22.8 Å². The minimum Gasteiger partial charge on any atom is -0.463 e. The lowest BCUT2D eigenvalue weighted by atomic mass is 10.1. The van der Waals surface area contributed by atoms with E-state index in [2.05, 4.69) is 21.9 Å². The van der Waals surface area contributed by atoms with Crippen LogP contribution in [0, 0.1) is 10.1 Å². The Morgan fingerprint density at radius 3 is 2.22 bits per heavy atom. The second-order valence-electron chi connectivity index (χ2n) is 11.3. The monoisotopic (exact) mass is 825 g/mol. The molecule has 0 aliphatic heterocycles. The van der Waals surface area contributed by atoms with E-state index in [1.807, 2.05) is 30.3 Å². The summed E-state index contributed by atoms with van der Waals surface area (Å²) < 4.78 is 58.2. The zero-order chi connectivity index (χ0) is 40.4. The zero-order valence-corrected chi connectivity index (χ0v) is 31.9. The van der Waals surface area contributed by atoms with Gasteiger partial charge in [-0.3, -0.25) is 10.1 Å². The molecule has 3 aromatic carbocycles. The van der Waals surface area contributed by atoms with Crippen molar-refractivity contribution in [1.29, 1.82) is 0 Å². The first-order valence-electron chi connectivity index (χ1n) is 16.8. The molecule has 0 spiro atoms. The fourth-order valence-electron chi connectivity index (χ4n) is 4.58. The molecule has 0 amide bonds. The van der Waals surface area contributed by atoms with E-state index in [9.17, 15) is 37.7 Å². The van der Waals surface area contributed by atoms with Crippen LogP contribution in [0.5, 0.6) is 17.2 Å². The summed E-state index contributed by atoms with van der Waals surface area (Å²) in [6, 6.07) is 16.4. The molecule has 0 saturated carbocycles. The first-order chi connectivity index (χ1) is 26.2. The number of hydrogen-bond acceptors (Lipinski definition) is 12. The number of unbranched alkanes of at least 4 members (excludes halogenated alkanes) is 5. The van der Waals surface area contributed by atoms with E-state index < -0.39 is 46.5 Å². The Morgan fingerprint density at radius 1 is 0.855 bits per heavy atom. The normalized spacial score (nSPS) is 10.8.